The summed E-state index contributed by atoms with van der Waals surface area (Å²) >= 11 is 0. The van der Waals surface area contributed by atoms with Crippen molar-refractivity contribution >= 4 is 12.0 Å². The van der Waals surface area contributed by atoms with Crippen LogP contribution < -0.4 is 10.1 Å². The van der Waals surface area contributed by atoms with Gasteiger partial charge in [0.25, 0.3) is 5.91 Å². The summed E-state index contributed by atoms with van der Waals surface area (Å²) in [6, 6.07) is 1.95. The number of likely N-dealkylation sites (tertiary alicyclic amines) is 1. The minimum absolute atomic E-state index is 0.0478. The van der Waals surface area contributed by atoms with E-state index in [2.05, 4.69) is 10.3 Å². The number of hydrogen-bond donors (Lipinski definition) is 1. The van der Waals surface area contributed by atoms with Crippen molar-refractivity contribution in [2.24, 2.45) is 0 Å². The molecule has 1 unspecified atom stereocenters. The number of aryl methyl sites for hydroxylation is 2. The van der Waals surface area contributed by atoms with Crippen LogP contribution in [0.15, 0.2) is 6.07 Å². The van der Waals surface area contributed by atoms with Gasteiger partial charge in [0.1, 0.15) is 11.2 Å². The number of alkyl carbamates (subject to hydrolysis) is 1. The first-order chi connectivity index (χ1) is 12.1. The average Bonchev–Trinajstić information content (AvgIpc) is 3.16. The maximum absolute atomic E-state index is 13.1. The molecule has 1 aromatic heterocycles. The number of carbonyl (C=O) groups is 2. The maximum atomic E-state index is 13.1. The highest BCUT2D eigenvalue weighted by atomic mass is 16.6. The van der Waals surface area contributed by atoms with Crippen LogP contribution in [-0.2, 0) is 17.6 Å². The van der Waals surface area contributed by atoms with Crippen LogP contribution in [0, 0.1) is 0 Å². The second kappa shape index (κ2) is 6.20. The van der Waals surface area contributed by atoms with Crippen molar-refractivity contribution < 1.29 is 19.1 Å². The molecule has 0 bridgehead atoms. The highest BCUT2D eigenvalue weighted by molar-refractivity contribution is 5.96. The van der Waals surface area contributed by atoms with E-state index >= 15 is 0 Å². The van der Waals surface area contributed by atoms with Gasteiger partial charge in [0.2, 0.25) is 5.88 Å². The van der Waals surface area contributed by atoms with Gasteiger partial charge in [0.05, 0.1) is 13.7 Å². The molecule has 1 aliphatic carbocycles. The molecule has 134 valence electrons. The van der Waals surface area contributed by atoms with Crippen LogP contribution in [-0.4, -0.2) is 54.2 Å². The van der Waals surface area contributed by atoms with E-state index in [9.17, 15) is 9.59 Å². The molecule has 2 aliphatic heterocycles. The van der Waals surface area contributed by atoms with Gasteiger partial charge < -0.3 is 19.7 Å². The van der Waals surface area contributed by atoms with Crippen molar-refractivity contribution in [3.8, 4) is 5.88 Å². The average molecular weight is 345 g/mol. The number of hydrogen-bond acceptors (Lipinski definition) is 5. The van der Waals surface area contributed by atoms with E-state index in [4.69, 9.17) is 9.47 Å². The quantitative estimate of drug-likeness (QED) is 0.882. The zero-order valence-corrected chi connectivity index (χ0v) is 14.5. The third-order valence-electron chi connectivity index (χ3n) is 5.49. The molecule has 7 heteroatoms. The van der Waals surface area contributed by atoms with E-state index in [1.54, 1.807) is 7.11 Å². The fourth-order valence-electron chi connectivity index (χ4n) is 4.08. The van der Waals surface area contributed by atoms with Gasteiger partial charge in [0.15, 0.2) is 0 Å². The lowest BCUT2D eigenvalue weighted by Gasteiger charge is -2.25. The lowest BCUT2D eigenvalue weighted by molar-refractivity contribution is 0.0438. The first-order valence-electron chi connectivity index (χ1n) is 8.93. The van der Waals surface area contributed by atoms with Gasteiger partial charge in [-0.25, -0.2) is 9.78 Å². The molecule has 7 nitrogen and oxygen atoms in total. The normalized spacial score (nSPS) is 25.3. The molecule has 25 heavy (non-hydrogen) atoms. The predicted octanol–water partition coefficient (Wildman–Crippen LogP) is 1.68. The van der Waals surface area contributed by atoms with Crippen molar-refractivity contribution in [2.45, 2.75) is 44.1 Å². The fraction of sp³-hybridized carbons (Fsp3) is 0.611. The molecule has 3 aliphatic rings. The van der Waals surface area contributed by atoms with E-state index in [1.807, 2.05) is 11.0 Å². The molecule has 0 saturated carbocycles. The Hall–Kier alpha value is -2.31. The number of methoxy groups -OCH3 is 1. The minimum Gasteiger partial charge on any atom is -0.480 e. The van der Waals surface area contributed by atoms with Crippen LogP contribution in [0.1, 0.15) is 47.3 Å². The van der Waals surface area contributed by atoms with Crippen LogP contribution in [0.4, 0.5) is 4.79 Å². The monoisotopic (exact) mass is 345 g/mol. The van der Waals surface area contributed by atoms with Gasteiger partial charge in [0, 0.05) is 25.2 Å². The number of carbonyl (C=O) groups excluding carboxylic acids is 2. The zero-order valence-electron chi connectivity index (χ0n) is 14.5. The summed E-state index contributed by atoms with van der Waals surface area (Å²) in [5.41, 5.74) is 2.28. The summed E-state index contributed by atoms with van der Waals surface area (Å²) in [5, 5.41) is 2.74. The summed E-state index contributed by atoms with van der Waals surface area (Å²) < 4.78 is 10.9. The number of fused-ring (bicyclic) bond motifs is 1. The molecule has 1 spiro atoms. The van der Waals surface area contributed by atoms with Crippen molar-refractivity contribution in [1.29, 1.82) is 0 Å². The fourth-order valence-corrected chi connectivity index (χ4v) is 4.08. The second-order valence-corrected chi connectivity index (χ2v) is 7.08. The summed E-state index contributed by atoms with van der Waals surface area (Å²) in [4.78, 5) is 30.9. The van der Waals surface area contributed by atoms with Gasteiger partial charge >= 0.3 is 6.09 Å². The zero-order chi connectivity index (χ0) is 17.4. The molecular formula is C18H23N3O4. The lowest BCUT2D eigenvalue weighted by Crippen LogP contribution is -2.36. The van der Waals surface area contributed by atoms with Gasteiger partial charge in [-0.2, -0.15) is 0 Å². The molecule has 4 rings (SSSR count). The molecule has 0 radical (unpaired) electrons. The van der Waals surface area contributed by atoms with Crippen molar-refractivity contribution in [2.75, 3.05) is 26.7 Å². The minimum atomic E-state index is -0.466. The van der Waals surface area contributed by atoms with Gasteiger partial charge in [-0.15, -0.1) is 0 Å². The third-order valence-corrected chi connectivity index (χ3v) is 5.49. The summed E-state index contributed by atoms with van der Waals surface area (Å²) in [7, 11) is 1.56. The Labute approximate surface area is 146 Å². The Morgan fingerprint density at radius 2 is 2.20 bits per heavy atom. The maximum Gasteiger partial charge on any atom is 0.407 e. The highest BCUT2D eigenvalue weighted by Gasteiger charge is 2.42. The number of pyridine rings is 1. The van der Waals surface area contributed by atoms with Crippen molar-refractivity contribution in [3.63, 3.8) is 0 Å². The van der Waals surface area contributed by atoms with E-state index in [1.165, 1.54) is 0 Å². The predicted molar refractivity (Wildman–Crippen MR) is 89.8 cm³/mol. The summed E-state index contributed by atoms with van der Waals surface area (Å²) in [6.45, 7) is 1.74. The van der Waals surface area contributed by atoms with Crippen LogP contribution in [0.2, 0.25) is 0 Å². The number of aromatic nitrogens is 1. The molecule has 2 fully saturated rings. The lowest BCUT2D eigenvalue weighted by atomic mass is 9.95. The van der Waals surface area contributed by atoms with Crippen LogP contribution in [0.5, 0.6) is 5.88 Å². The van der Waals surface area contributed by atoms with Crippen LogP contribution in [0.3, 0.4) is 0 Å². The molecule has 2 amide bonds. The Balaban J connectivity index is 1.54. The van der Waals surface area contributed by atoms with Crippen LogP contribution in [0.25, 0.3) is 0 Å². The standard InChI is InChI=1S/C18H23N3O4/c1-24-15-13(10-12-4-2-5-14(12)20-15)16(22)21-8-3-6-18(7-9-21)11-19-17(23)25-18/h10H,2-9,11H2,1H3,(H,19,23). The van der Waals surface area contributed by atoms with Crippen molar-refractivity contribution in [3.05, 3.63) is 22.9 Å². The first-order valence-corrected chi connectivity index (χ1v) is 8.93. The largest absolute Gasteiger partial charge is 0.480 e. The molecule has 3 heterocycles. The molecule has 0 aromatic carbocycles. The first kappa shape index (κ1) is 16.2. The second-order valence-electron chi connectivity index (χ2n) is 7.08. The topological polar surface area (TPSA) is 80.8 Å². The number of nitrogens with zero attached hydrogens (tertiary/aromatic N) is 2. The molecule has 1 atom stereocenters. The smallest absolute Gasteiger partial charge is 0.407 e. The number of amides is 2. The summed E-state index contributed by atoms with van der Waals surface area (Å²) in [5.74, 6) is 0.368. The van der Waals surface area contributed by atoms with Gasteiger partial charge in [-0.1, -0.05) is 0 Å². The SMILES string of the molecule is COc1nc2c(cc1C(=O)N1CCCC3(CC1)CNC(=O)O3)CCC2. The molecule has 1 aromatic rings. The Morgan fingerprint density at radius 3 is 2.96 bits per heavy atom. The van der Waals surface area contributed by atoms with E-state index in [0.717, 1.165) is 43.4 Å². The number of rotatable bonds is 2. The van der Waals surface area contributed by atoms with Gasteiger partial charge in [-0.3, -0.25) is 4.79 Å². The van der Waals surface area contributed by atoms with E-state index in [-0.39, 0.29) is 12.0 Å². The summed E-state index contributed by atoms with van der Waals surface area (Å²) in [6.07, 6.45) is 4.87. The van der Waals surface area contributed by atoms with Crippen molar-refractivity contribution in [1.82, 2.24) is 15.2 Å². The highest BCUT2D eigenvalue weighted by Crippen LogP contribution is 2.31. The molecular weight excluding hydrogens is 322 g/mol. The molecule has 1 N–H and O–H groups in total. The Kier molecular flexibility index (Phi) is 4.01. The van der Waals surface area contributed by atoms with Crippen LogP contribution >= 0.6 is 0 Å². The Morgan fingerprint density at radius 1 is 1.32 bits per heavy atom. The number of ether oxygens (including phenoxy) is 2. The Bertz CT molecular complexity index is 721. The number of nitrogens with one attached hydrogen (secondary N) is 1. The van der Waals surface area contributed by atoms with E-state index < -0.39 is 5.60 Å². The van der Waals surface area contributed by atoms with Gasteiger partial charge in [-0.05, 0) is 43.7 Å². The third kappa shape index (κ3) is 2.92. The molecule has 2 saturated heterocycles. The van der Waals surface area contributed by atoms with E-state index in [0.29, 0.717) is 37.5 Å².